The number of imide groups is 1. The Morgan fingerprint density at radius 3 is 2.62 bits per heavy atom. The molecule has 1 rings (SSSR count). The number of benzene rings is 1. The zero-order valence-electron chi connectivity index (χ0n) is 11.3. The second-order valence-corrected chi connectivity index (χ2v) is 4.11. The first kappa shape index (κ1) is 16.8. The highest BCUT2D eigenvalue weighted by atomic mass is 35.5. The van der Waals surface area contributed by atoms with E-state index in [9.17, 15) is 14.4 Å². The molecule has 0 aliphatic rings. The first-order valence-electron chi connectivity index (χ1n) is 6.02. The Bertz CT molecular complexity index is 519. The predicted octanol–water partition coefficient (Wildman–Crippen LogP) is 1.53. The minimum Gasteiger partial charge on any atom is -0.482 e. The molecule has 0 fully saturated rings. The van der Waals surface area contributed by atoms with Crippen LogP contribution >= 0.6 is 11.6 Å². The highest BCUT2D eigenvalue weighted by Crippen LogP contribution is 2.16. The highest BCUT2D eigenvalue weighted by molar-refractivity contribution is 6.30. The maximum absolute atomic E-state index is 11.3. The summed E-state index contributed by atoms with van der Waals surface area (Å²) in [6.45, 7) is 0.743. The normalized spacial score (nSPS) is 9.62. The Balaban J connectivity index is 2.25. The van der Waals surface area contributed by atoms with E-state index in [-0.39, 0.29) is 13.2 Å². The van der Waals surface area contributed by atoms with Crippen molar-refractivity contribution in [2.45, 2.75) is 6.92 Å². The first-order valence-corrected chi connectivity index (χ1v) is 6.39. The molecule has 0 aliphatic heterocycles. The number of esters is 1. The number of hydrogen-bond donors (Lipinski definition) is 1. The van der Waals surface area contributed by atoms with Gasteiger partial charge in [0.25, 0.3) is 5.91 Å². The van der Waals surface area contributed by atoms with Gasteiger partial charge in [0.2, 0.25) is 0 Å². The van der Waals surface area contributed by atoms with Crippen LogP contribution in [-0.4, -0.2) is 37.8 Å². The van der Waals surface area contributed by atoms with Gasteiger partial charge >= 0.3 is 12.1 Å². The summed E-state index contributed by atoms with van der Waals surface area (Å²) < 4.78 is 14.2. The maximum Gasteiger partial charge on any atom is 0.413 e. The van der Waals surface area contributed by atoms with Crippen LogP contribution in [0.1, 0.15) is 6.92 Å². The fraction of sp³-hybridized carbons (Fsp3) is 0.308. The number of rotatable bonds is 6. The lowest BCUT2D eigenvalue weighted by molar-refractivity contribution is -0.150. The van der Waals surface area contributed by atoms with E-state index in [1.54, 1.807) is 25.1 Å². The van der Waals surface area contributed by atoms with E-state index in [0.717, 1.165) is 0 Å². The molecule has 0 aliphatic carbocycles. The molecule has 2 amide bonds. The molecular formula is C13H14ClNO6. The molecule has 0 heterocycles. The summed E-state index contributed by atoms with van der Waals surface area (Å²) in [4.78, 5) is 33.5. The summed E-state index contributed by atoms with van der Waals surface area (Å²) in [5.74, 6) is -1.14. The summed E-state index contributed by atoms with van der Waals surface area (Å²) in [5, 5.41) is 2.35. The fourth-order valence-electron chi connectivity index (χ4n) is 1.20. The van der Waals surface area contributed by atoms with Crippen molar-refractivity contribution in [3.05, 3.63) is 29.3 Å². The molecule has 0 spiro atoms. The maximum atomic E-state index is 11.3. The summed E-state index contributed by atoms with van der Waals surface area (Å²) in [6.07, 6.45) is -0.895. The second-order valence-electron chi connectivity index (χ2n) is 3.68. The van der Waals surface area contributed by atoms with Gasteiger partial charge in [0.05, 0.1) is 6.61 Å². The van der Waals surface area contributed by atoms with Gasteiger partial charge in [0.15, 0.2) is 13.2 Å². The summed E-state index contributed by atoms with van der Waals surface area (Å²) in [7, 11) is 0. The number of carbonyl (C=O) groups excluding carboxylic acids is 3. The molecule has 0 saturated carbocycles. The number of amides is 2. The molecule has 0 radical (unpaired) electrons. The third-order valence-electron chi connectivity index (χ3n) is 2.03. The van der Waals surface area contributed by atoms with E-state index in [4.69, 9.17) is 16.3 Å². The van der Waals surface area contributed by atoms with Crippen molar-refractivity contribution in [1.82, 2.24) is 5.32 Å². The van der Waals surface area contributed by atoms with Crippen LogP contribution in [0.25, 0.3) is 0 Å². The van der Waals surface area contributed by atoms with E-state index < -0.39 is 24.6 Å². The van der Waals surface area contributed by atoms with Crippen molar-refractivity contribution in [3.8, 4) is 5.75 Å². The average molecular weight is 316 g/mol. The molecule has 0 unspecified atom stereocenters. The van der Waals surface area contributed by atoms with Gasteiger partial charge in [0, 0.05) is 5.02 Å². The number of alkyl carbamates (subject to hydrolysis) is 1. The Morgan fingerprint density at radius 1 is 1.19 bits per heavy atom. The van der Waals surface area contributed by atoms with Crippen LogP contribution in [0.5, 0.6) is 5.75 Å². The molecule has 114 valence electrons. The molecule has 0 aromatic heterocycles. The van der Waals surface area contributed by atoms with Gasteiger partial charge in [0.1, 0.15) is 5.75 Å². The van der Waals surface area contributed by atoms with E-state index in [1.807, 2.05) is 5.32 Å². The molecule has 8 heteroatoms. The third kappa shape index (κ3) is 7.17. The largest absolute Gasteiger partial charge is 0.482 e. The zero-order chi connectivity index (χ0) is 15.7. The molecule has 0 atom stereocenters. The molecule has 21 heavy (non-hydrogen) atoms. The number of nitrogens with one attached hydrogen (secondary N) is 1. The Labute approximate surface area is 126 Å². The van der Waals surface area contributed by atoms with Crippen LogP contribution in [0, 0.1) is 0 Å². The number of halogens is 1. The fourth-order valence-corrected chi connectivity index (χ4v) is 1.38. The van der Waals surface area contributed by atoms with Crippen molar-refractivity contribution >= 4 is 29.6 Å². The molecule has 0 bridgehead atoms. The summed E-state index contributed by atoms with van der Waals surface area (Å²) in [6, 6.07) is 6.47. The molecular weight excluding hydrogens is 302 g/mol. The van der Waals surface area contributed by atoms with Crippen molar-refractivity contribution in [3.63, 3.8) is 0 Å². The van der Waals surface area contributed by atoms with Crippen LogP contribution in [0.2, 0.25) is 5.02 Å². The minimum absolute atomic E-state index is 0.131. The zero-order valence-corrected chi connectivity index (χ0v) is 12.0. The number of carbonyl (C=O) groups is 3. The molecule has 0 saturated heterocycles. The van der Waals surface area contributed by atoms with Gasteiger partial charge in [-0.1, -0.05) is 17.7 Å². The number of hydrogen-bond acceptors (Lipinski definition) is 6. The smallest absolute Gasteiger partial charge is 0.413 e. The lowest BCUT2D eigenvalue weighted by atomic mass is 10.3. The van der Waals surface area contributed by atoms with E-state index in [1.165, 1.54) is 6.07 Å². The quantitative estimate of drug-likeness (QED) is 0.801. The Morgan fingerprint density at radius 2 is 1.95 bits per heavy atom. The SMILES string of the molecule is CCOC(=O)NC(=O)COC(=O)COc1cccc(Cl)c1. The van der Waals surface area contributed by atoms with Gasteiger partial charge in [-0.2, -0.15) is 0 Å². The van der Waals surface area contributed by atoms with Crippen LogP contribution in [-0.2, 0) is 19.1 Å². The summed E-state index contributed by atoms with van der Waals surface area (Å²) in [5.41, 5.74) is 0. The molecule has 1 aromatic carbocycles. The lowest BCUT2D eigenvalue weighted by Crippen LogP contribution is -2.35. The lowest BCUT2D eigenvalue weighted by Gasteiger charge is -2.07. The first-order chi connectivity index (χ1) is 10.0. The third-order valence-corrected chi connectivity index (χ3v) is 2.27. The van der Waals surface area contributed by atoms with Crippen LogP contribution in [0.15, 0.2) is 24.3 Å². The van der Waals surface area contributed by atoms with Crippen LogP contribution < -0.4 is 10.1 Å². The van der Waals surface area contributed by atoms with E-state index in [0.29, 0.717) is 10.8 Å². The number of ether oxygens (including phenoxy) is 3. The van der Waals surface area contributed by atoms with Crippen molar-refractivity contribution < 1.29 is 28.6 Å². The van der Waals surface area contributed by atoms with Crippen molar-refractivity contribution in [2.24, 2.45) is 0 Å². The Kier molecular flexibility index (Phi) is 7.03. The average Bonchev–Trinajstić information content (AvgIpc) is 2.43. The highest BCUT2D eigenvalue weighted by Gasteiger charge is 2.11. The van der Waals surface area contributed by atoms with Gasteiger partial charge < -0.3 is 14.2 Å². The second kappa shape index (κ2) is 8.80. The van der Waals surface area contributed by atoms with Crippen molar-refractivity contribution in [2.75, 3.05) is 19.8 Å². The minimum atomic E-state index is -0.895. The van der Waals surface area contributed by atoms with Gasteiger partial charge in [-0.25, -0.2) is 9.59 Å². The van der Waals surface area contributed by atoms with E-state index >= 15 is 0 Å². The van der Waals surface area contributed by atoms with Crippen LogP contribution in [0.4, 0.5) is 4.79 Å². The topological polar surface area (TPSA) is 90.9 Å². The monoisotopic (exact) mass is 315 g/mol. The summed E-state index contributed by atoms with van der Waals surface area (Å²) >= 11 is 5.74. The van der Waals surface area contributed by atoms with Gasteiger partial charge in [-0.05, 0) is 25.1 Å². The predicted molar refractivity (Wildman–Crippen MR) is 73.1 cm³/mol. The van der Waals surface area contributed by atoms with Gasteiger partial charge in [-0.15, -0.1) is 0 Å². The molecule has 1 aromatic rings. The van der Waals surface area contributed by atoms with E-state index in [2.05, 4.69) is 9.47 Å². The standard InChI is InChI=1S/C13H14ClNO6/c1-2-19-13(18)15-11(16)7-21-12(17)8-20-10-5-3-4-9(14)6-10/h3-6H,2,7-8H2,1H3,(H,15,16,18). The van der Waals surface area contributed by atoms with Gasteiger partial charge in [-0.3, -0.25) is 10.1 Å². The van der Waals surface area contributed by atoms with Crippen molar-refractivity contribution in [1.29, 1.82) is 0 Å². The Hall–Kier alpha value is -2.28. The molecule has 1 N–H and O–H groups in total. The molecule has 7 nitrogen and oxygen atoms in total. The van der Waals surface area contributed by atoms with Crippen LogP contribution in [0.3, 0.4) is 0 Å².